The van der Waals surface area contributed by atoms with Crippen molar-refractivity contribution in [2.45, 2.75) is 51.5 Å². The summed E-state index contributed by atoms with van der Waals surface area (Å²) in [5.41, 5.74) is 2.57. The first kappa shape index (κ1) is 14.2. The van der Waals surface area contributed by atoms with Gasteiger partial charge in [0.2, 0.25) is 0 Å². The molecule has 1 aliphatic carbocycles. The minimum Gasteiger partial charge on any atom is -0.381 e. The van der Waals surface area contributed by atoms with Crippen LogP contribution in [0.4, 0.5) is 11.4 Å². The molecule has 0 atom stereocenters. The lowest BCUT2D eigenvalue weighted by molar-refractivity contribution is 0.319. The first-order valence-electron chi connectivity index (χ1n) is 7.73. The van der Waals surface area contributed by atoms with Crippen LogP contribution in [0, 0.1) is 5.92 Å². The smallest absolute Gasteiger partial charge is 0.0596 e. The predicted octanol–water partition coefficient (Wildman–Crippen LogP) is 4.52. The fraction of sp³-hybridized carbons (Fsp3) is 0.647. The van der Waals surface area contributed by atoms with Gasteiger partial charge in [-0.3, -0.25) is 0 Å². The lowest BCUT2D eigenvalue weighted by Gasteiger charge is -2.31. The Kier molecular flexibility index (Phi) is 5.12. The minimum absolute atomic E-state index is 0.661. The quantitative estimate of drug-likeness (QED) is 0.837. The molecule has 0 spiro atoms. The van der Waals surface area contributed by atoms with E-state index >= 15 is 0 Å². The van der Waals surface area contributed by atoms with Crippen molar-refractivity contribution < 1.29 is 0 Å². The predicted molar refractivity (Wildman–Crippen MR) is 85.0 cm³/mol. The second-order valence-corrected chi connectivity index (χ2v) is 6.06. The van der Waals surface area contributed by atoms with Crippen LogP contribution in [-0.2, 0) is 0 Å². The van der Waals surface area contributed by atoms with Gasteiger partial charge in [0.05, 0.1) is 11.4 Å². The summed E-state index contributed by atoms with van der Waals surface area (Å²) < 4.78 is 0. The minimum atomic E-state index is 0.661. The number of hydrogen-bond donors (Lipinski definition) is 1. The Labute approximate surface area is 118 Å². The van der Waals surface area contributed by atoms with Crippen molar-refractivity contribution in [3.63, 3.8) is 0 Å². The Bertz CT molecular complexity index is 379. The number of nitrogens with one attached hydrogen (secondary N) is 1. The molecule has 0 saturated heterocycles. The van der Waals surface area contributed by atoms with Crippen molar-refractivity contribution in [2.24, 2.45) is 5.92 Å². The average Bonchev–Trinajstić information content (AvgIpc) is 2.42. The fourth-order valence-corrected chi connectivity index (χ4v) is 3.21. The van der Waals surface area contributed by atoms with Gasteiger partial charge in [-0.1, -0.05) is 31.9 Å². The van der Waals surface area contributed by atoms with Crippen molar-refractivity contribution >= 4 is 11.4 Å². The number of nitrogens with zero attached hydrogens (tertiary/aromatic N) is 1. The molecule has 0 unspecified atom stereocenters. The standard InChI is InChI=1S/C17H28N2/c1-4-7-14-10-12-15(13-11-14)18-16-8-5-6-9-17(16)19(2)3/h5-6,8-9,14-15,18H,4,7,10-13H2,1-3H3. The topological polar surface area (TPSA) is 15.3 Å². The molecule has 0 amide bonds. The zero-order valence-corrected chi connectivity index (χ0v) is 12.7. The maximum Gasteiger partial charge on any atom is 0.0596 e. The van der Waals surface area contributed by atoms with E-state index in [2.05, 4.69) is 55.5 Å². The Balaban J connectivity index is 1.92. The van der Waals surface area contributed by atoms with Crippen LogP contribution in [0.2, 0.25) is 0 Å². The summed E-state index contributed by atoms with van der Waals surface area (Å²) in [6, 6.07) is 9.28. The molecule has 1 saturated carbocycles. The second-order valence-electron chi connectivity index (χ2n) is 6.06. The number of para-hydroxylation sites is 2. The number of benzene rings is 1. The van der Waals surface area contributed by atoms with Gasteiger partial charge >= 0.3 is 0 Å². The maximum atomic E-state index is 3.75. The number of hydrogen-bond acceptors (Lipinski definition) is 2. The second kappa shape index (κ2) is 6.83. The highest BCUT2D eigenvalue weighted by atomic mass is 15.1. The van der Waals surface area contributed by atoms with Crippen LogP contribution in [0.3, 0.4) is 0 Å². The lowest BCUT2D eigenvalue weighted by atomic mass is 9.83. The van der Waals surface area contributed by atoms with E-state index in [4.69, 9.17) is 0 Å². The average molecular weight is 260 g/mol. The van der Waals surface area contributed by atoms with E-state index in [0.717, 1.165) is 5.92 Å². The van der Waals surface area contributed by atoms with Crippen LogP contribution in [0.1, 0.15) is 45.4 Å². The van der Waals surface area contributed by atoms with Crippen molar-refractivity contribution in [1.29, 1.82) is 0 Å². The third kappa shape index (κ3) is 3.89. The molecule has 2 heteroatoms. The molecular weight excluding hydrogens is 232 g/mol. The number of anilines is 2. The van der Waals surface area contributed by atoms with Crippen molar-refractivity contribution in [2.75, 3.05) is 24.3 Å². The first-order valence-corrected chi connectivity index (χ1v) is 7.73. The summed E-state index contributed by atoms with van der Waals surface area (Å²) in [4.78, 5) is 2.19. The molecule has 1 aromatic carbocycles. The molecular formula is C17H28N2. The molecule has 0 heterocycles. The monoisotopic (exact) mass is 260 g/mol. The van der Waals surface area contributed by atoms with Gasteiger partial charge in [-0.15, -0.1) is 0 Å². The molecule has 1 aromatic rings. The molecule has 1 N–H and O–H groups in total. The third-order valence-electron chi connectivity index (χ3n) is 4.29. The maximum absolute atomic E-state index is 3.75. The molecule has 1 fully saturated rings. The summed E-state index contributed by atoms with van der Waals surface area (Å²) in [5.74, 6) is 0.979. The van der Waals surface area contributed by atoms with Gasteiger partial charge < -0.3 is 10.2 Å². The molecule has 106 valence electrons. The zero-order valence-electron chi connectivity index (χ0n) is 12.7. The molecule has 0 bridgehead atoms. The first-order chi connectivity index (χ1) is 9.20. The molecule has 1 aliphatic rings. The van der Waals surface area contributed by atoms with Crippen LogP contribution in [0.5, 0.6) is 0 Å². The van der Waals surface area contributed by atoms with E-state index in [-0.39, 0.29) is 0 Å². The Morgan fingerprint density at radius 1 is 1.11 bits per heavy atom. The van der Waals surface area contributed by atoms with E-state index in [1.54, 1.807) is 0 Å². The van der Waals surface area contributed by atoms with Gasteiger partial charge in [0.25, 0.3) is 0 Å². The van der Waals surface area contributed by atoms with E-state index in [1.165, 1.54) is 49.9 Å². The Hall–Kier alpha value is -1.18. The van der Waals surface area contributed by atoms with Gasteiger partial charge in [-0.05, 0) is 43.7 Å². The van der Waals surface area contributed by atoms with Crippen LogP contribution < -0.4 is 10.2 Å². The summed E-state index contributed by atoms with van der Waals surface area (Å²) in [6.45, 7) is 2.30. The summed E-state index contributed by atoms with van der Waals surface area (Å²) >= 11 is 0. The number of rotatable bonds is 5. The van der Waals surface area contributed by atoms with Gasteiger partial charge in [0.1, 0.15) is 0 Å². The fourth-order valence-electron chi connectivity index (χ4n) is 3.21. The van der Waals surface area contributed by atoms with Crippen LogP contribution in [0.15, 0.2) is 24.3 Å². The molecule has 0 radical (unpaired) electrons. The zero-order chi connectivity index (χ0) is 13.7. The summed E-state index contributed by atoms with van der Waals surface area (Å²) in [7, 11) is 4.22. The van der Waals surface area contributed by atoms with Gasteiger partial charge in [0, 0.05) is 20.1 Å². The SMILES string of the molecule is CCCC1CCC(Nc2ccccc2N(C)C)CC1. The van der Waals surface area contributed by atoms with Gasteiger partial charge in [-0.2, -0.15) is 0 Å². The lowest BCUT2D eigenvalue weighted by Crippen LogP contribution is -2.27. The van der Waals surface area contributed by atoms with E-state index in [0.29, 0.717) is 6.04 Å². The highest BCUT2D eigenvalue weighted by molar-refractivity contribution is 5.69. The normalized spacial score (nSPS) is 23.1. The summed E-state index contributed by atoms with van der Waals surface area (Å²) in [6.07, 6.45) is 8.21. The van der Waals surface area contributed by atoms with Gasteiger partial charge in [-0.25, -0.2) is 0 Å². The Morgan fingerprint density at radius 2 is 1.79 bits per heavy atom. The molecule has 0 aliphatic heterocycles. The van der Waals surface area contributed by atoms with Crippen molar-refractivity contribution in [1.82, 2.24) is 0 Å². The van der Waals surface area contributed by atoms with Crippen molar-refractivity contribution in [3.05, 3.63) is 24.3 Å². The van der Waals surface area contributed by atoms with Crippen LogP contribution >= 0.6 is 0 Å². The summed E-state index contributed by atoms with van der Waals surface area (Å²) in [5, 5.41) is 3.75. The molecule has 19 heavy (non-hydrogen) atoms. The highest BCUT2D eigenvalue weighted by Gasteiger charge is 2.21. The molecule has 2 rings (SSSR count). The van der Waals surface area contributed by atoms with E-state index in [1.807, 2.05) is 0 Å². The largest absolute Gasteiger partial charge is 0.381 e. The van der Waals surface area contributed by atoms with E-state index in [9.17, 15) is 0 Å². The van der Waals surface area contributed by atoms with Crippen molar-refractivity contribution in [3.8, 4) is 0 Å². The Morgan fingerprint density at radius 3 is 2.42 bits per heavy atom. The van der Waals surface area contributed by atoms with Crippen LogP contribution in [-0.4, -0.2) is 20.1 Å². The highest BCUT2D eigenvalue weighted by Crippen LogP contribution is 2.31. The third-order valence-corrected chi connectivity index (χ3v) is 4.29. The van der Waals surface area contributed by atoms with E-state index < -0.39 is 0 Å². The molecule has 0 aromatic heterocycles. The molecule has 2 nitrogen and oxygen atoms in total. The van der Waals surface area contributed by atoms with Gasteiger partial charge in [0.15, 0.2) is 0 Å². The van der Waals surface area contributed by atoms with Crippen LogP contribution in [0.25, 0.3) is 0 Å².